The third kappa shape index (κ3) is 2.98. The summed E-state index contributed by atoms with van der Waals surface area (Å²) in [7, 11) is 0. The van der Waals surface area contributed by atoms with Crippen LogP contribution in [-0.2, 0) is 5.41 Å². The molecule has 0 atom stereocenters. The van der Waals surface area contributed by atoms with E-state index in [0.29, 0.717) is 15.5 Å². The van der Waals surface area contributed by atoms with Crippen LogP contribution in [0.4, 0.5) is 0 Å². The molecule has 1 N–H and O–H groups in total. The molecule has 1 aromatic rings. The van der Waals surface area contributed by atoms with Crippen molar-refractivity contribution in [2.24, 2.45) is 5.41 Å². The second-order valence-electron chi connectivity index (χ2n) is 7.10. The fraction of sp³-hybridized carbons (Fsp3) is 0.667. The molecule has 0 unspecified atom stereocenters. The van der Waals surface area contributed by atoms with Gasteiger partial charge in [0.15, 0.2) is 0 Å². The van der Waals surface area contributed by atoms with Crippen molar-refractivity contribution in [3.63, 3.8) is 0 Å². The van der Waals surface area contributed by atoms with Gasteiger partial charge in [0.05, 0.1) is 10.0 Å². The first-order valence-corrected chi connectivity index (χ1v) is 9.01. The molecule has 3 rings (SSSR count). The molecule has 1 spiro atoms. The average Bonchev–Trinajstić information content (AvgIpc) is 2.46. The molecule has 0 aromatic heterocycles. The van der Waals surface area contributed by atoms with Gasteiger partial charge in [-0.3, -0.25) is 0 Å². The summed E-state index contributed by atoms with van der Waals surface area (Å²) in [5.74, 6) is 0. The largest absolute Gasteiger partial charge is 0.316 e. The van der Waals surface area contributed by atoms with Crippen LogP contribution in [0.1, 0.15) is 57.4 Å². The summed E-state index contributed by atoms with van der Waals surface area (Å²) in [4.78, 5) is 0. The van der Waals surface area contributed by atoms with Crippen LogP contribution in [0.5, 0.6) is 0 Å². The highest BCUT2D eigenvalue weighted by molar-refractivity contribution is 6.42. The molecule has 21 heavy (non-hydrogen) atoms. The molecular formula is C18H25Cl2N. The Bertz CT molecular complexity index is 498. The van der Waals surface area contributed by atoms with Gasteiger partial charge in [-0.15, -0.1) is 0 Å². The second-order valence-corrected chi connectivity index (χ2v) is 7.92. The Morgan fingerprint density at radius 3 is 2.38 bits per heavy atom. The van der Waals surface area contributed by atoms with E-state index in [1.54, 1.807) is 0 Å². The van der Waals surface area contributed by atoms with Crippen molar-refractivity contribution >= 4 is 23.2 Å². The molecule has 2 saturated carbocycles. The smallest absolute Gasteiger partial charge is 0.0595 e. The molecular weight excluding hydrogens is 301 g/mol. The minimum atomic E-state index is 0.265. The Balaban J connectivity index is 1.83. The number of likely N-dealkylation sites (N-methyl/N-ethyl adjacent to an activating group) is 1. The van der Waals surface area contributed by atoms with E-state index in [2.05, 4.69) is 24.4 Å². The van der Waals surface area contributed by atoms with Crippen molar-refractivity contribution in [1.82, 2.24) is 5.32 Å². The molecule has 1 aromatic carbocycles. The highest BCUT2D eigenvalue weighted by Crippen LogP contribution is 2.61. The number of rotatable bonds is 4. The Morgan fingerprint density at radius 1 is 1.05 bits per heavy atom. The van der Waals surface area contributed by atoms with E-state index in [1.807, 2.05) is 6.07 Å². The van der Waals surface area contributed by atoms with Gasteiger partial charge in [0.25, 0.3) is 0 Å². The quantitative estimate of drug-likeness (QED) is 0.761. The Labute approximate surface area is 138 Å². The summed E-state index contributed by atoms with van der Waals surface area (Å²) in [6.07, 6.45) is 9.71. The van der Waals surface area contributed by atoms with Crippen molar-refractivity contribution in [2.45, 2.75) is 57.3 Å². The maximum Gasteiger partial charge on any atom is 0.0595 e. The maximum absolute atomic E-state index is 6.26. The summed E-state index contributed by atoms with van der Waals surface area (Å²) >= 11 is 12.4. The monoisotopic (exact) mass is 325 g/mol. The van der Waals surface area contributed by atoms with Gasteiger partial charge in [-0.1, -0.05) is 55.5 Å². The number of nitrogens with one attached hydrogen (secondary N) is 1. The van der Waals surface area contributed by atoms with Crippen LogP contribution in [0.3, 0.4) is 0 Å². The number of halogens is 2. The van der Waals surface area contributed by atoms with Gasteiger partial charge < -0.3 is 5.32 Å². The second kappa shape index (κ2) is 6.10. The molecule has 0 aliphatic heterocycles. The van der Waals surface area contributed by atoms with Crippen LogP contribution in [-0.4, -0.2) is 13.1 Å². The Morgan fingerprint density at radius 2 is 1.76 bits per heavy atom. The zero-order valence-electron chi connectivity index (χ0n) is 12.9. The van der Waals surface area contributed by atoms with Crippen LogP contribution in [0.25, 0.3) is 0 Å². The molecule has 0 bridgehead atoms. The first kappa shape index (κ1) is 15.6. The highest BCUT2D eigenvalue weighted by Gasteiger charge is 2.54. The number of benzene rings is 1. The summed E-state index contributed by atoms with van der Waals surface area (Å²) < 4.78 is 0. The van der Waals surface area contributed by atoms with E-state index in [4.69, 9.17) is 23.2 Å². The van der Waals surface area contributed by atoms with E-state index >= 15 is 0 Å². The molecule has 2 aliphatic carbocycles. The van der Waals surface area contributed by atoms with Gasteiger partial charge in [0, 0.05) is 12.0 Å². The van der Waals surface area contributed by atoms with E-state index in [9.17, 15) is 0 Å². The van der Waals surface area contributed by atoms with Crippen LogP contribution < -0.4 is 5.32 Å². The van der Waals surface area contributed by atoms with Crippen LogP contribution in [0.2, 0.25) is 10.0 Å². The maximum atomic E-state index is 6.26. The lowest BCUT2D eigenvalue weighted by molar-refractivity contribution is -0.0125. The molecule has 116 valence electrons. The Hall–Kier alpha value is -0.240. The minimum Gasteiger partial charge on any atom is -0.316 e. The van der Waals surface area contributed by atoms with Crippen molar-refractivity contribution in [2.75, 3.05) is 13.1 Å². The zero-order valence-corrected chi connectivity index (χ0v) is 14.4. The molecule has 3 heteroatoms. The van der Waals surface area contributed by atoms with Gasteiger partial charge >= 0.3 is 0 Å². The summed E-state index contributed by atoms with van der Waals surface area (Å²) in [5, 5.41) is 4.92. The lowest BCUT2D eigenvalue weighted by Crippen LogP contribution is -2.55. The van der Waals surface area contributed by atoms with E-state index in [1.165, 1.54) is 50.5 Å². The molecule has 0 saturated heterocycles. The predicted octanol–water partition coefficient (Wildman–Crippen LogP) is 5.59. The van der Waals surface area contributed by atoms with Gasteiger partial charge in [0.2, 0.25) is 0 Å². The zero-order chi connectivity index (χ0) is 14.9. The van der Waals surface area contributed by atoms with Crippen molar-refractivity contribution in [3.05, 3.63) is 33.8 Å². The van der Waals surface area contributed by atoms with Gasteiger partial charge in [-0.25, -0.2) is 0 Å². The predicted molar refractivity (Wildman–Crippen MR) is 91.4 cm³/mol. The minimum absolute atomic E-state index is 0.265. The van der Waals surface area contributed by atoms with Gasteiger partial charge in [-0.05, 0) is 55.3 Å². The van der Waals surface area contributed by atoms with E-state index < -0.39 is 0 Å². The van der Waals surface area contributed by atoms with Crippen molar-refractivity contribution < 1.29 is 0 Å². The first-order valence-electron chi connectivity index (χ1n) is 8.26. The lowest BCUT2D eigenvalue weighted by Gasteiger charge is -2.59. The summed E-state index contributed by atoms with van der Waals surface area (Å²) in [6.45, 7) is 4.26. The van der Waals surface area contributed by atoms with Crippen molar-refractivity contribution in [3.8, 4) is 0 Å². The van der Waals surface area contributed by atoms with E-state index in [-0.39, 0.29) is 5.41 Å². The SMILES string of the molecule is CCNCC1(c2ccc(Cl)c(Cl)c2)CC2(CCCCC2)C1. The van der Waals surface area contributed by atoms with Crippen molar-refractivity contribution in [1.29, 1.82) is 0 Å². The van der Waals surface area contributed by atoms with Gasteiger partial charge in [-0.2, -0.15) is 0 Å². The summed E-state index contributed by atoms with van der Waals surface area (Å²) in [6, 6.07) is 6.23. The third-order valence-corrected chi connectivity index (χ3v) is 6.33. The lowest BCUT2D eigenvalue weighted by atomic mass is 9.46. The number of hydrogen-bond acceptors (Lipinski definition) is 1. The standard InChI is InChI=1S/C18H25Cl2N/c1-2-21-13-18(14-6-7-15(19)16(20)10-14)11-17(12-18)8-4-3-5-9-17/h6-7,10,21H,2-5,8-9,11-13H2,1H3. The molecule has 2 aliphatic rings. The molecule has 0 radical (unpaired) electrons. The fourth-order valence-corrected chi connectivity index (χ4v) is 4.96. The highest BCUT2D eigenvalue weighted by atomic mass is 35.5. The Kier molecular flexibility index (Phi) is 4.55. The van der Waals surface area contributed by atoms with Crippen LogP contribution in [0, 0.1) is 5.41 Å². The van der Waals surface area contributed by atoms with Crippen LogP contribution >= 0.6 is 23.2 Å². The topological polar surface area (TPSA) is 12.0 Å². The molecule has 2 fully saturated rings. The third-order valence-electron chi connectivity index (χ3n) is 5.59. The average molecular weight is 326 g/mol. The number of hydrogen-bond donors (Lipinski definition) is 1. The van der Waals surface area contributed by atoms with E-state index in [0.717, 1.165) is 13.1 Å². The summed E-state index contributed by atoms with van der Waals surface area (Å²) in [5.41, 5.74) is 2.25. The molecule has 0 amide bonds. The normalized spacial score (nSPS) is 23.0. The fourth-order valence-electron chi connectivity index (χ4n) is 4.66. The first-order chi connectivity index (χ1) is 10.1. The van der Waals surface area contributed by atoms with Crippen LogP contribution in [0.15, 0.2) is 18.2 Å². The molecule has 1 nitrogen and oxygen atoms in total. The molecule has 0 heterocycles. The van der Waals surface area contributed by atoms with Gasteiger partial charge in [0.1, 0.15) is 0 Å².